The van der Waals surface area contributed by atoms with Crippen LogP contribution >= 0.6 is 0 Å². The van der Waals surface area contributed by atoms with Crippen LogP contribution in [-0.4, -0.2) is 10.9 Å². The van der Waals surface area contributed by atoms with E-state index in [1.165, 1.54) is 42.6 Å². The number of nitrogens with zero attached hydrogens (tertiary/aromatic N) is 1. The average Bonchev–Trinajstić information content (AvgIpc) is 2.65. The van der Waals surface area contributed by atoms with Crippen LogP contribution in [0.2, 0.25) is 0 Å². The summed E-state index contributed by atoms with van der Waals surface area (Å²) in [6.07, 6.45) is 5.69. The lowest BCUT2D eigenvalue weighted by atomic mass is 10.2. The zero-order valence-corrected chi connectivity index (χ0v) is 14.4. The summed E-state index contributed by atoms with van der Waals surface area (Å²) in [6.45, 7) is 1.75. The van der Waals surface area contributed by atoms with Crippen LogP contribution in [0, 0.1) is 18.6 Å². The number of pyridine rings is 1. The first-order valence-electron chi connectivity index (χ1n) is 8.14. The number of hydrogen-bond acceptors (Lipinski definition) is 3. The van der Waals surface area contributed by atoms with Crippen molar-refractivity contribution >= 4 is 17.7 Å². The second-order valence-corrected chi connectivity index (χ2v) is 5.79. The fourth-order valence-electron chi connectivity index (χ4n) is 2.31. The number of carbonyl (C=O) groups is 1. The van der Waals surface area contributed by atoms with Gasteiger partial charge in [0.05, 0.1) is 11.9 Å². The Bertz CT molecular complexity index is 989. The van der Waals surface area contributed by atoms with E-state index in [9.17, 15) is 13.6 Å². The monoisotopic (exact) mass is 366 g/mol. The maximum atomic E-state index is 14.2. The normalized spacial score (nSPS) is 10.8. The molecule has 6 heteroatoms. The Hall–Kier alpha value is -3.54. The molecule has 27 heavy (non-hydrogen) atoms. The second kappa shape index (κ2) is 8.23. The molecular weight excluding hydrogens is 350 g/mol. The van der Waals surface area contributed by atoms with Gasteiger partial charge in [0.15, 0.2) is 11.6 Å². The van der Waals surface area contributed by atoms with Crippen molar-refractivity contribution in [1.29, 1.82) is 0 Å². The highest BCUT2D eigenvalue weighted by Crippen LogP contribution is 2.25. The van der Waals surface area contributed by atoms with Crippen LogP contribution in [0.5, 0.6) is 11.5 Å². The molecule has 0 aliphatic carbocycles. The Balaban J connectivity index is 1.66. The number of benzene rings is 2. The highest BCUT2D eigenvalue weighted by molar-refractivity contribution is 6.02. The van der Waals surface area contributed by atoms with Gasteiger partial charge in [0.1, 0.15) is 11.6 Å². The summed E-state index contributed by atoms with van der Waals surface area (Å²) >= 11 is 0. The number of aromatic nitrogens is 1. The lowest BCUT2D eigenvalue weighted by molar-refractivity contribution is -0.111. The first-order chi connectivity index (χ1) is 13.0. The van der Waals surface area contributed by atoms with Gasteiger partial charge in [-0.2, -0.15) is 0 Å². The van der Waals surface area contributed by atoms with Crippen molar-refractivity contribution in [3.8, 4) is 11.5 Å². The molecule has 4 nitrogen and oxygen atoms in total. The van der Waals surface area contributed by atoms with E-state index in [0.717, 1.165) is 5.56 Å². The lowest BCUT2D eigenvalue weighted by Gasteiger charge is -2.07. The molecule has 0 saturated carbocycles. The quantitative estimate of drug-likeness (QED) is 0.638. The predicted molar refractivity (Wildman–Crippen MR) is 99.5 cm³/mol. The van der Waals surface area contributed by atoms with Crippen LogP contribution in [0.15, 0.2) is 67.0 Å². The van der Waals surface area contributed by atoms with Crippen molar-refractivity contribution in [3.63, 3.8) is 0 Å². The van der Waals surface area contributed by atoms with Gasteiger partial charge in [-0.05, 0) is 60.5 Å². The Morgan fingerprint density at radius 1 is 1.11 bits per heavy atom. The van der Waals surface area contributed by atoms with Gasteiger partial charge in [0.25, 0.3) is 0 Å². The van der Waals surface area contributed by atoms with E-state index >= 15 is 0 Å². The number of aryl methyl sites for hydroxylation is 1. The highest BCUT2D eigenvalue weighted by Gasteiger charge is 2.07. The van der Waals surface area contributed by atoms with Crippen molar-refractivity contribution in [2.75, 3.05) is 5.32 Å². The van der Waals surface area contributed by atoms with E-state index in [-0.39, 0.29) is 11.4 Å². The fraction of sp³-hybridized carbons (Fsp3) is 0.0476. The zero-order chi connectivity index (χ0) is 19.2. The van der Waals surface area contributed by atoms with Gasteiger partial charge < -0.3 is 10.1 Å². The third-order valence-corrected chi connectivity index (χ3v) is 3.63. The van der Waals surface area contributed by atoms with Gasteiger partial charge in [-0.15, -0.1) is 0 Å². The number of anilines is 1. The molecule has 0 saturated heterocycles. The van der Waals surface area contributed by atoms with Crippen LogP contribution in [0.3, 0.4) is 0 Å². The summed E-state index contributed by atoms with van der Waals surface area (Å²) in [7, 11) is 0. The molecule has 0 bridgehead atoms. The Kier molecular flexibility index (Phi) is 5.56. The number of ether oxygens (including phenoxy) is 1. The van der Waals surface area contributed by atoms with Crippen molar-refractivity contribution in [1.82, 2.24) is 4.98 Å². The first kappa shape index (κ1) is 18.3. The minimum absolute atomic E-state index is 0.0475. The molecule has 3 rings (SSSR count). The molecule has 0 radical (unpaired) electrons. The van der Waals surface area contributed by atoms with E-state index in [4.69, 9.17) is 4.74 Å². The van der Waals surface area contributed by atoms with E-state index < -0.39 is 17.5 Å². The van der Waals surface area contributed by atoms with Crippen molar-refractivity contribution in [3.05, 3.63) is 89.8 Å². The Morgan fingerprint density at radius 2 is 1.96 bits per heavy atom. The van der Waals surface area contributed by atoms with Crippen LogP contribution in [0.4, 0.5) is 14.5 Å². The number of amides is 1. The standard InChI is InChI=1S/C21H16F2N2O2/c1-14-4-7-19(17(22)11-14)25-21(26)9-6-15-5-8-20(18(23)12-15)27-16-3-2-10-24-13-16/h2-13H,1H3,(H,25,26)/b9-6+. The molecule has 0 fully saturated rings. The van der Waals surface area contributed by atoms with Gasteiger partial charge in [0.2, 0.25) is 5.91 Å². The van der Waals surface area contributed by atoms with Crippen LogP contribution in [0.1, 0.15) is 11.1 Å². The summed E-state index contributed by atoms with van der Waals surface area (Å²) in [4.78, 5) is 15.8. The third-order valence-electron chi connectivity index (χ3n) is 3.63. The molecule has 2 aromatic carbocycles. The summed E-state index contributed by atoms with van der Waals surface area (Å²) in [6, 6.07) is 12.1. The molecule has 3 aromatic rings. The number of rotatable bonds is 5. The highest BCUT2D eigenvalue weighted by atomic mass is 19.1. The van der Waals surface area contributed by atoms with E-state index in [1.54, 1.807) is 37.4 Å². The molecule has 1 amide bonds. The molecule has 0 unspecified atom stereocenters. The van der Waals surface area contributed by atoms with Gasteiger partial charge in [-0.1, -0.05) is 12.1 Å². The largest absolute Gasteiger partial charge is 0.453 e. The van der Waals surface area contributed by atoms with E-state index in [2.05, 4.69) is 10.3 Å². The lowest BCUT2D eigenvalue weighted by Crippen LogP contribution is -2.09. The second-order valence-electron chi connectivity index (χ2n) is 5.79. The van der Waals surface area contributed by atoms with Crippen LogP contribution in [0.25, 0.3) is 6.08 Å². The Morgan fingerprint density at radius 3 is 2.67 bits per heavy atom. The molecule has 136 valence electrons. The van der Waals surface area contributed by atoms with E-state index in [0.29, 0.717) is 11.3 Å². The molecule has 0 atom stereocenters. The number of carbonyl (C=O) groups excluding carboxylic acids is 1. The van der Waals surface area contributed by atoms with Gasteiger partial charge in [-0.3, -0.25) is 9.78 Å². The minimum Gasteiger partial charge on any atom is -0.453 e. The van der Waals surface area contributed by atoms with Gasteiger partial charge >= 0.3 is 0 Å². The average molecular weight is 366 g/mol. The Labute approximate surface area is 155 Å². The smallest absolute Gasteiger partial charge is 0.248 e. The maximum Gasteiger partial charge on any atom is 0.248 e. The summed E-state index contributed by atoms with van der Waals surface area (Å²) < 4.78 is 33.3. The molecule has 1 aromatic heterocycles. The van der Waals surface area contributed by atoms with Crippen LogP contribution in [-0.2, 0) is 4.79 Å². The number of nitrogens with one attached hydrogen (secondary N) is 1. The summed E-state index contributed by atoms with van der Waals surface area (Å²) in [5.74, 6) is -1.15. The number of hydrogen-bond donors (Lipinski definition) is 1. The van der Waals surface area contributed by atoms with Gasteiger partial charge in [-0.25, -0.2) is 8.78 Å². The third kappa shape index (κ3) is 4.98. The van der Waals surface area contributed by atoms with Crippen molar-refractivity contribution in [2.45, 2.75) is 6.92 Å². The summed E-state index contributed by atoms with van der Waals surface area (Å²) in [5.41, 5.74) is 1.30. The molecule has 1 N–H and O–H groups in total. The SMILES string of the molecule is Cc1ccc(NC(=O)/C=C/c2ccc(Oc3cccnc3)c(F)c2)c(F)c1. The molecule has 0 aliphatic rings. The first-order valence-corrected chi connectivity index (χ1v) is 8.14. The van der Waals surface area contributed by atoms with Crippen molar-refractivity contribution in [2.24, 2.45) is 0 Å². The number of halogens is 2. The molecular formula is C21H16F2N2O2. The summed E-state index contributed by atoms with van der Waals surface area (Å²) in [5, 5.41) is 2.44. The van der Waals surface area contributed by atoms with Crippen molar-refractivity contribution < 1.29 is 18.3 Å². The van der Waals surface area contributed by atoms with Gasteiger partial charge in [0, 0.05) is 12.3 Å². The predicted octanol–water partition coefficient (Wildman–Crippen LogP) is 5.11. The topological polar surface area (TPSA) is 51.2 Å². The maximum absolute atomic E-state index is 14.2. The fourth-order valence-corrected chi connectivity index (χ4v) is 2.31. The zero-order valence-electron chi connectivity index (χ0n) is 14.4. The van der Waals surface area contributed by atoms with Crippen LogP contribution < -0.4 is 10.1 Å². The molecule has 0 aliphatic heterocycles. The van der Waals surface area contributed by atoms with E-state index in [1.807, 2.05) is 0 Å². The molecule has 0 spiro atoms. The minimum atomic E-state index is -0.578. The molecule has 1 heterocycles.